The lowest BCUT2D eigenvalue weighted by atomic mass is 10.1. The molecule has 0 saturated heterocycles. The summed E-state index contributed by atoms with van der Waals surface area (Å²) in [6.45, 7) is 11.7. The molecule has 1 aromatic rings. The molecule has 1 rings (SSSR count). The van der Waals surface area contributed by atoms with E-state index < -0.39 is 0 Å². The number of hydrogen-bond donors (Lipinski definition) is 0. The summed E-state index contributed by atoms with van der Waals surface area (Å²) in [6, 6.07) is 6.27. The van der Waals surface area contributed by atoms with Gasteiger partial charge in [0.1, 0.15) is 0 Å². The van der Waals surface area contributed by atoms with Crippen molar-refractivity contribution in [2.45, 2.75) is 41.5 Å². The lowest BCUT2D eigenvalue weighted by Crippen LogP contribution is -1.81. The van der Waals surface area contributed by atoms with E-state index in [0.717, 1.165) is 12.1 Å². The van der Waals surface area contributed by atoms with E-state index in [1.165, 1.54) is 11.1 Å². The molecule has 0 amide bonds. The highest BCUT2D eigenvalue weighted by Gasteiger charge is 1.94. The Bertz CT molecular complexity index is 264. The van der Waals surface area contributed by atoms with Crippen LogP contribution in [0.15, 0.2) is 23.2 Å². The minimum Gasteiger partial charge on any atom is -0.264 e. The Morgan fingerprint density at radius 3 is 2.21 bits per heavy atom. The van der Waals surface area contributed by atoms with Crippen molar-refractivity contribution in [3.05, 3.63) is 29.3 Å². The summed E-state index contributed by atoms with van der Waals surface area (Å²) in [5, 5.41) is 0. The SMILES string of the molecule is C.C=Nc1ccc(CC)cc1C.CC. The monoisotopic (exact) mass is 193 g/mol. The molecule has 0 aromatic heterocycles. The first-order valence-corrected chi connectivity index (χ1v) is 4.84. The topological polar surface area (TPSA) is 12.4 Å². The highest BCUT2D eigenvalue weighted by Crippen LogP contribution is 2.18. The van der Waals surface area contributed by atoms with Gasteiger partial charge in [0, 0.05) is 0 Å². The Balaban J connectivity index is 0. The molecule has 0 spiro atoms. The molecule has 1 nitrogen and oxygen atoms in total. The molecule has 0 aliphatic rings. The Hall–Kier alpha value is -1.11. The molecule has 1 aromatic carbocycles. The van der Waals surface area contributed by atoms with Crippen LogP contribution in [-0.4, -0.2) is 6.72 Å². The van der Waals surface area contributed by atoms with Crippen LogP contribution in [0.1, 0.15) is 39.3 Å². The van der Waals surface area contributed by atoms with E-state index in [9.17, 15) is 0 Å². The van der Waals surface area contributed by atoms with E-state index >= 15 is 0 Å². The molecule has 0 aliphatic heterocycles. The third kappa shape index (κ3) is 4.22. The Labute approximate surface area is 88.9 Å². The van der Waals surface area contributed by atoms with E-state index in [0.29, 0.717) is 0 Å². The van der Waals surface area contributed by atoms with Crippen molar-refractivity contribution >= 4 is 12.4 Å². The van der Waals surface area contributed by atoms with E-state index in [4.69, 9.17) is 0 Å². The smallest absolute Gasteiger partial charge is 0.0651 e. The molecule has 0 bridgehead atoms. The van der Waals surface area contributed by atoms with Gasteiger partial charge < -0.3 is 0 Å². The van der Waals surface area contributed by atoms with E-state index in [2.05, 4.69) is 37.7 Å². The maximum Gasteiger partial charge on any atom is 0.0651 e. The van der Waals surface area contributed by atoms with Gasteiger partial charge in [0.2, 0.25) is 0 Å². The fraction of sp³-hybridized carbons (Fsp3) is 0.462. The predicted octanol–water partition coefficient (Wildman–Crippen LogP) is 4.55. The number of aliphatic imine (C=N–C) groups is 1. The number of benzene rings is 1. The van der Waals surface area contributed by atoms with Gasteiger partial charge >= 0.3 is 0 Å². The van der Waals surface area contributed by atoms with Gasteiger partial charge in [-0.25, -0.2) is 0 Å². The second kappa shape index (κ2) is 8.49. The van der Waals surface area contributed by atoms with Crippen LogP contribution in [0.4, 0.5) is 5.69 Å². The molecule has 1 heteroatoms. The molecule has 0 heterocycles. The Morgan fingerprint density at radius 2 is 1.86 bits per heavy atom. The fourth-order valence-electron chi connectivity index (χ4n) is 1.11. The van der Waals surface area contributed by atoms with Crippen LogP contribution in [0, 0.1) is 6.92 Å². The standard InChI is InChI=1S/C10H13N.C2H6.CH4/c1-4-9-5-6-10(11-3)8(2)7-9;1-2;/h5-7H,3-4H2,1-2H3;1-2H3;1H4. The third-order valence-corrected chi connectivity index (χ3v) is 1.84. The molecule has 14 heavy (non-hydrogen) atoms. The lowest BCUT2D eigenvalue weighted by Gasteiger charge is -2.01. The minimum atomic E-state index is 0. The predicted molar refractivity (Wildman–Crippen MR) is 67.8 cm³/mol. The van der Waals surface area contributed by atoms with Crippen molar-refractivity contribution in [1.29, 1.82) is 0 Å². The van der Waals surface area contributed by atoms with Crippen LogP contribution < -0.4 is 0 Å². The maximum atomic E-state index is 3.90. The normalized spacial score (nSPS) is 8.00. The average molecular weight is 193 g/mol. The van der Waals surface area contributed by atoms with Crippen LogP contribution in [0.2, 0.25) is 0 Å². The largest absolute Gasteiger partial charge is 0.264 e. The second-order valence-corrected chi connectivity index (χ2v) is 2.63. The first-order chi connectivity index (χ1) is 6.27. The lowest BCUT2D eigenvalue weighted by molar-refractivity contribution is 1.13. The van der Waals surface area contributed by atoms with Crippen molar-refractivity contribution in [3.63, 3.8) is 0 Å². The molecule has 80 valence electrons. The van der Waals surface area contributed by atoms with Crippen molar-refractivity contribution in [1.82, 2.24) is 0 Å². The molecule has 0 radical (unpaired) electrons. The Kier molecular flexibility index (Phi) is 9.31. The molecular formula is C13H23N. The minimum absolute atomic E-state index is 0. The molecule has 0 N–H and O–H groups in total. The van der Waals surface area contributed by atoms with E-state index in [-0.39, 0.29) is 7.43 Å². The van der Waals surface area contributed by atoms with Crippen LogP contribution in [0.3, 0.4) is 0 Å². The molecule has 0 saturated carbocycles. The molecule has 0 fully saturated rings. The summed E-state index contributed by atoms with van der Waals surface area (Å²) < 4.78 is 0. The van der Waals surface area contributed by atoms with Gasteiger partial charge in [-0.2, -0.15) is 0 Å². The summed E-state index contributed by atoms with van der Waals surface area (Å²) in [5.41, 5.74) is 3.55. The first-order valence-electron chi connectivity index (χ1n) is 4.84. The van der Waals surface area contributed by atoms with Gasteiger partial charge in [-0.15, -0.1) is 0 Å². The van der Waals surface area contributed by atoms with Gasteiger partial charge in [0.15, 0.2) is 0 Å². The molecule has 0 aliphatic carbocycles. The van der Waals surface area contributed by atoms with Gasteiger partial charge in [-0.3, -0.25) is 4.99 Å². The van der Waals surface area contributed by atoms with Crippen molar-refractivity contribution in [3.8, 4) is 0 Å². The number of hydrogen-bond acceptors (Lipinski definition) is 1. The van der Waals surface area contributed by atoms with Crippen molar-refractivity contribution < 1.29 is 0 Å². The van der Waals surface area contributed by atoms with Gasteiger partial charge in [0.25, 0.3) is 0 Å². The zero-order chi connectivity index (χ0) is 10.3. The van der Waals surface area contributed by atoms with Gasteiger partial charge in [-0.05, 0) is 37.3 Å². The van der Waals surface area contributed by atoms with Crippen LogP contribution >= 0.6 is 0 Å². The zero-order valence-electron chi connectivity index (χ0n) is 9.09. The summed E-state index contributed by atoms with van der Waals surface area (Å²) in [4.78, 5) is 3.90. The van der Waals surface area contributed by atoms with E-state index in [1.54, 1.807) is 0 Å². The molecular weight excluding hydrogens is 170 g/mol. The third-order valence-electron chi connectivity index (χ3n) is 1.84. The Morgan fingerprint density at radius 1 is 1.29 bits per heavy atom. The van der Waals surface area contributed by atoms with Crippen LogP contribution in [0.5, 0.6) is 0 Å². The average Bonchev–Trinajstić information content (AvgIpc) is 2.20. The summed E-state index contributed by atoms with van der Waals surface area (Å²) >= 11 is 0. The maximum absolute atomic E-state index is 3.90. The number of nitrogens with zero attached hydrogens (tertiary/aromatic N) is 1. The number of aryl methyl sites for hydroxylation is 2. The van der Waals surface area contributed by atoms with Crippen molar-refractivity contribution in [2.75, 3.05) is 0 Å². The van der Waals surface area contributed by atoms with E-state index in [1.807, 2.05) is 19.9 Å². The summed E-state index contributed by atoms with van der Waals surface area (Å²) in [6.07, 6.45) is 1.08. The fourth-order valence-corrected chi connectivity index (χ4v) is 1.11. The van der Waals surface area contributed by atoms with Crippen LogP contribution in [0.25, 0.3) is 0 Å². The highest BCUT2D eigenvalue weighted by atomic mass is 14.7. The van der Waals surface area contributed by atoms with Crippen LogP contribution in [-0.2, 0) is 6.42 Å². The zero-order valence-corrected chi connectivity index (χ0v) is 9.09. The second-order valence-electron chi connectivity index (χ2n) is 2.63. The quantitative estimate of drug-likeness (QED) is 0.611. The van der Waals surface area contributed by atoms with Crippen molar-refractivity contribution in [2.24, 2.45) is 4.99 Å². The molecule has 0 atom stereocenters. The molecule has 0 unspecified atom stereocenters. The first kappa shape index (κ1) is 15.4. The van der Waals surface area contributed by atoms with Gasteiger partial charge in [-0.1, -0.05) is 40.3 Å². The summed E-state index contributed by atoms with van der Waals surface area (Å²) in [5.74, 6) is 0. The van der Waals surface area contributed by atoms with Gasteiger partial charge in [0.05, 0.1) is 5.69 Å². The summed E-state index contributed by atoms with van der Waals surface area (Å²) in [7, 11) is 0. The highest BCUT2D eigenvalue weighted by molar-refractivity contribution is 5.52. The number of rotatable bonds is 2.